The van der Waals surface area contributed by atoms with Crippen LogP contribution in [-0.4, -0.2) is 69.2 Å². The number of fused-ring (bicyclic) bond motifs is 2. The number of aromatic nitrogens is 3. The van der Waals surface area contributed by atoms with E-state index in [2.05, 4.69) is 22.9 Å². The molecule has 0 aliphatic carbocycles. The van der Waals surface area contributed by atoms with Gasteiger partial charge in [-0.25, -0.2) is 19.3 Å². The zero-order valence-electron chi connectivity index (χ0n) is 33.7. The molecule has 2 saturated heterocycles. The molecule has 0 radical (unpaired) electrons. The van der Waals surface area contributed by atoms with Crippen molar-refractivity contribution in [3.8, 4) is 21.7 Å². The molecule has 4 heterocycles. The molecule has 0 bridgehead atoms. The second kappa shape index (κ2) is 16.1. The van der Waals surface area contributed by atoms with Crippen molar-refractivity contribution in [1.29, 1.82) is 0 Å². The molecular weight excluding hydrogens is 748 g/mol. The van der Waals surface area contributed by atoms with Gasteiger partial charge in [-0.3, -0.25) is 0 Å². The van der Waals surface area contributed by atoms with E-state index in [9.17, 15) is 9.59 Å². The lowest BCUT2D eigenvalue weighted by molar-refractivity contribution is -0.166. The number of nitrogens with zero attached hydrogens (tertiary/aromatic N) is 4. The van der Waals surface area contributed by atoms with E-state index in [1.165, 1.54) is 0 Å². The number of ether oxygens (including phenoxy) is 4. The first-order valence-electron chi connectivity index (χ1n) is 19.8. The maximum Gasteiger partial charge on any atom is 0.410 e. The molecule has 0 spiro atoms. The van der Waals surface area contributed by atoms with Gasteiger partial charge in [0.15, 0.2) is 12.3 Å². The van der Waals surface area contributed by atoms with Gasteiger partial charge in [0.1, 0.15) is 10.6 Å². The van der Waals surface area contributed by atoms with Crippen molar-refractivity contribution < 1.29 is 28.5 Å². The van der Waals surface area contributed by atoms with E-state index >= 15 is 0 Å². The van der Waals surface area contributed by atoms with Crippen molar-refractivity contribution in [2.24, 2.45) is 0 Å². The van der Waals surface area contributed by atoms with Crippen LogP contribution in [0.2, 0.25) is 5.02 Å². The summed E-state index contributed by atoms with van der Waals surface area (Å²) in [6.45, 7) is 17.5. The Bertz CT molecular complexity index is 2220. The smallest absolute Gasteiger partial charge is 0.410 e. The van der Waals surface area contributed by atoms with Crippen molar-refractivity contribution in [2.45, 2.75) is 117 Å². The predicted octanol–water partition coefficient (Wildman–Crippen LogP) is 11.2. The van der Waals surface area contributed by atoms with Crippen LogP contribution in [0.25, 0.3) is 42.8 Å². The standard InChI is InChI=1S/C44H53ClN4O6S/c1-9-52-41(50)38(54-43(3,4)5)35-26(2)24-32-39(36(35)27-13-16-30(45)17-14-27)56-40(46-32)29-15-18-33-31(25-29)37(47-49(33)34-12-10-11-23-53-34)28-19-21-48(22-20-28)42(51)55-44(6,7)8/h13-18,24-25,28,34,38H,9-12,19-23H2,1-8H3/t34?,38-/m0/s1. The fourth-order valence-electron chi connectivity index (χ4n) is 7.77. The SMILES string of the molecule is CCOC(=O)[C@@H](OC(C)(C)C)c1c(C)cc2nc(-c3ccc4c(c3)c(C3CCN(C(=O)OC(C)(C)C)CC3)nn4C3CCCCO3)sc2c1-c1ccc(Cl)cc1. The van der Waals surface area contributed by atoms with Crippen LogP contribution in [0.4, 0.5) is 4.79 Å². The summed E-state index contributed by atoms with van der Waals surface area (Å²) in [7, 11) is 0. The van der Waals surface area contributed by atoms with E-state index in [1.54, 1.807) is 18.3 Å². The number of carbonyl (C=O) groups is 2. The van der Waals surface area contributed by atoms with Gasteiger partial charge < -0.3 is 23.8 Å². The number of rotatable bonds is 8. The highest BCUT2D eigenvalue weighted by molar-refractivity contribution is 7.22. The monoisotopic (exact) mass is 800 g/mol. The number of esters is 1. The van der Waals surface area contributed by atoms with Gasteiger partial charge in [-0.15, -0.1) is 11.3 Å². The third-order valence-electron chi connectivity index (χ3n) is 10.2. The number of aryl methyl sites for hydroxylation is 1. The lowest BCUT2D eigenvalue weighted by atomic mass is 9.91. The molecule has 10 nitrogen and oxygen atoms in total. The summed E-state index contributed by atoms with van der Waals surface area (Å²) in [6.07, 6.45) is 3.28. The molecule has 2 aliphatic rings. The summed E-state index contributed by atoms with van der Waals surface area (Å²) in [5, 5.41) is 7.82. The van der Waals surface area contributed by atoms with Crippen LogP contribution in [-0.2, 0) is 23.7 Å². The second-order valence-electron chi connectivity index (χ2n) is 16.8. The number of amides is 1. The number of piperidine rings is 1. The van der Waals surface area contributed by atoms with Crippen LogP contribution in [0.3, 0.4) is 0 Å². The molecule has 1 unspecified atom stereocenters. The van der Waals surface area contributed by atoms with Crippen molar-refractivity contribution in [1.82, 2.24) is 19.7 Å². The molecule has 12 heteroatoms. The maximum absolute atomic E-state index is 13.7. The third-order valence-corrected chi connectivity index (χ3v) is 11.6. The van der Waals surface area contributed by atoms with Crippen molar-refractivity contribution >= 4 is 56.1 Å². The molecule has 2 aliphatic heterocycles. The topological polar surface area (TPSA) is 105 Å². The van der Waals surface area contributed by atoms with Gasteiger partial charge in [-0.1, -0.05) is 23.7 Å². The minimum atomic E-state index is -0.955. The van der Waals surface area contributed by atoms with E-state index in [1.807, 2.05) is 83.7 Å². The minimum absolute atomic E-state index is 0.124. The highest BCUT2D eigenvalue weighted by Crippen LogP contribution is 2.46. The van der Waals surface area contributed by atoms with Crippen LogP contribution in [0.1, 0.15) is 116 Å². The molecule has 3 aromatic carbocycles. The average molecular weight is 801 g/mol. The molecule has 7 rings (SSSR count). The Balaban J connectivity index is 1.34. The highest BCUT2D eigenvalue weighted by atomic mass is 35.5. The summed E-state index contributed by atoms with van der Waals surface area (Å²) < 4.78 is 27.1. The molecule has 56 heavy (non-hydrogen) atoms. The van der Waals surface area contributed by atoms with Gasteiger partial charge in [-0.2, -0.15) is 5.10 Å². The second-order valence-corrected chi connectivity index (χ2v) is 18.3. The first kappa shape index (κ1) is 40.2. The van der Waals surface area contributed by atoms with Gasteiger partial charge in [0.25, 0.3) is 0 Å². The Morgan fingerprint density at radius 3 is 2.32 bits per heavy atom. The Morgan fingerprint density at radius 1 is 0.964 bits per heavy atom. The fourth-order valence-corrected chi connectivity index (χ4v) is 9.02. The van der Waals surface area contributed by atoms with E-state index in [0.717, 1.165) is 91.7 Å². The number of likely N-dealkylation sites (tertiary alicyclic amines) is 1. The first-order valence-corrected chi connectivity index (χ1v) is 21.0. The van der Waals surface area contributed by atoms with Crippen LogP contribution >= 0.6 is 22.9 Å². The fraction of sp³-hybridized carbons (Fsp3) is 0.500. The summed E-state index contributed by atoms with van der Waals surface area (Å²) in [6, 6.07) is 16.2. The number of thiazole rings is 1. The number of hydrogen-bond acceptors (Lipinski definition) is 9. The molecule has 1 amide bonds. The molecule has 0 N–H and O–H groups in total. The molecule has 298 valence electrons. The van der Waals surface area contributed by atoms with Gasteiger partial charge in [0.2, 0.25) is 0 Å². The highest BCUT2D eigenvalue weighted by Gasteiger charge is 2.35. The van der Waals surface area contributed by atoms with Crippen molar-refractivity contribution in [2.75, 3.05) is 26.3 Å². The Morgan fingerprint density at radius 2 is 1.68 bits per heavy atom. The van der Waals surface area contributed by atoms with E-state index < -0.39 is 23.3 Å². The normalized spacial score (nSPS) is 17.7. The molecular formula is C44H53ClN4O6S. The molecule has 2 atom stereocenters. The summed E-state index contributed by atoms with van der Waals surface area (Å²) in [5.41, 5.74) is 6.12. The third kappa shape index (κ3) is 8.61. The summed E-state index contributed by atoms with van der Waals surface area (Å²) in [5.74, 6) is -0.269. The van der Waals surface area contributed by atoms with Crippen LogP contribution in [0.5, 0.6) is 0 Å². The lowest BCUT2D eigenvalue weighted by Gasteiger charge is -2.33. The molecule has 2 aromatic heterocycles. The van der Waals surface area contributed by atoms with Crippen molar-refractivity contribution in [3.63, 3.8) is 0 Å². The summed E-state index contributed by atoms with van der Waals surface area (Å²) >= 11 is 7.97. The number of benzene rings is 3. The predicted molar refractivity (Wildman–Crippen MR) is 222 cm³/mol. The Kier molecular flexibility index (Phi) is 11.5. The van der Waals surface area contributed by atoms with Gasteiger partial charge in [0, 0.05) is 52.7 Å². The maximum atomic E-state index is 13.7. The molecule has 0 saturated carbocycles. The molecule has 5 aromatic rings. The average Bonchev–Trinajstić information content (AvgIpc) is 3.75. The van der Waals surface area contributed by atoms with Crippen molar-refractivity contribution in [3.05, 3.63) is 70.4 Å². The summed E-state index contributed by atoms with van der Waals surface area (Å²) in [4.78, 5) is 33.6. The van der Waals surface area contributed by atoms with Crippen LogP contribution in [0, 0.1) is 6.92 Å². The Labute approximate surface area is 338 Å². The van der Waals surface area contributed by atoms with E-state index in [4.69, 9.17) is 40.6 Å². The number of carbonyl (C=O) groups excluding carboxylic acids is 2. The van der Waals surface area contributed by atoms with Gasteiger partial charge in [-0.05, 0) is 135 Å². The van der Waals surface area contributed by atoms with Crippen LogP contribution in [0.15, 0.2) is 48.5 Å². The number of hydrogen-bond donors (Lipinski definition) is 0. The zero-order chi connectivity index (χ0) is 39.9. The quantitative estimate of drug-likeness (QED) is 0.143. The van der Waals surface area contributed by atoms with Gasteiger partial charge >= 0.3 is 12.1 Å². The largest absolute Gasteiger partial charge is 0.464 e. The molecule has 2 fully saturated rings. The minimum Gasteiger partial charge on any atom is -0.464 e. The van der Waals surface area contributed by atoms with E-state index in [0.29, 0.717) is 24.7 Å². The number of halogens is 1. The first-order chi connectivity index (χ1) is 26.6. The van der Waals surface area contributed by atoms with Crippen LogP contribution < -0.4 is 0 Å². The van der Waals surface area contributed by atoms with Gasteiger partial charge in [0.05, 0.1) is 33.6 Å². The zero-order valence-corrected chi connectivity index (χ0v) is 35.3. The lowest BCUT2D eigenvalue weighted by Crippen LogP contribution is -2.41. The van der Waals surface area contributed by atoms with E-state index in [-0.39, 0.29) is 24.8 Å². The Hall–Kier alpha value is -4.03.